The zero-order valence-electron chi connectivity index (χ0n) is 9.24. The Balaban J connectivity index is 2.85. The molecule has 0 spiro atoms. The molecular formula is C9H18N4O. The van der Waals surface area contributed by atoms with Gasteiger partial charge in [-0.2, -0.15) is 4.98 Å². The molecule has 0 aliphatic heterocycles. The molecule has 14 heavy (non-hydrogen) atoms. The van der Waals surface area contributed by atoms with E-state index in [1.807, 2.05) is 32.8 Å². The van der Waals surface area contributed by atoms with Gasteiger partial charge in [0.05, 0.1) is 5.54 Å². The zero-order valence-corrected chi connectivity index (χ0v) is 9.24. The van der Waals surface area contributed by atoms with E-state index in [0.717, 1.165) is 0 Å². The van der Waals surface area contributed by atoms with Gasteiger partial charge >= 0.3 is 0 Å². The molecule has 0 bridgehead atoms. The van der Waals surface area contributed by atoms with E-state index in [-0.39, 0.29) is 5.54 Å². The third kappa shape index (κ3) is 2.10. The Hall–Kier alpha value is -0.940. The van der Waals surface area contributed by atoms with Crippen molar-refractivity contribution in [1.82, 2.24) is 15.0 Å². The molecule has 0 aliphatic carbocycles. The van der Waals surface area contributed by atoms with Gasteiger partial charge < -0.3 is 10.3 Å². The molecule has 0 radical (unpaired) electrons. The van der Waals surface area contributed by atoms with E-state index in [1.165, 1.54) is 0 Å². The van der Waals surface area contributed by atoms with Crippen LogP contribution in [0.2, 0.25) is 0 Å². The van der Waals surface area contributed by atoms with Gasteiger partial charge in [0.1, 0.15) is 0 Å². The minimum Gasteiger partial charge on any atom is -0.337 e. The van der Waals surface area contributed by atoms with E-state index in [1.54, 1.807) is 0 Å². The van der Waals surface area contributed by atoms with Crippen molar-refractivity contribution in [2.24, 2.45) is 5.73 Å². The lowest BCUT2D eigenvalue weighted by atomic mass is 10.0. The van der Waals surface area contributed by atoms with Gasteiger partial charge in [-0.3, -0.25) is 4.90 Å². The second-order valence-electron chi connectivity index (χ2n) is 4.01. The zero-order chi connectivity index (χ0) is 10.8. The Morgan fingerprint density at radius 2 is 2.07 bits per heavy atom. The van der Waals surface area contributed by atoms with Crippen molar-refractivity contribution in [2.75, 3.05) is 20.6 Å². The summed E-state index contributed by atoms with van der Waals surface area (Å²) in [5, 5.41) is 3.86. The topological polar surface area (TPSA) is 68.2 Å². The number of aromatic nitrogens is 2. The predicted octanol–water partition coefficient (Wildman–Crippen LogP) is 0.367. The first kappa shape index (κ1) is 11.1. The van der Waals surface area contributed by atoms with Crippen LogP contribution in [0.5, 0.6) is 0 Å². The minimum absolute atomic E-state index is 0.236. The summed E-state index contributed by atoms with van der Waals surface area (Å²) in [7, 11) is 3.96. The van der Waals surface area contributed by atoms with Gasteiger partial charge in [-0.15, -0.1) is 0 Å². The summed E-state index contributed by atoms with van der Waals surface area (Å²) >= 11 is 0. The van der Waals surface area contributed by atoms with Crippen molar-refractivity contribution in [3.63, 3.8) is 0 Å². The summed E-state index contributed by atoms with van der Waals surface area (Å²) in [6, 6.07) is 0. The molecule has 0 saturated carbocycles. The van der Waals surface area contributed by atoms with Crippen molar-refractivity contribution in [3.05, 3.63) is 11.7 Å². The molecule has 1 aromatic heterocycles. The molecule has 0 atom stereocenters. The quantitative estimate of drug-likeness (QED) is 0.757. The van der Waals surface area contributed by atoms with Crippen LogP contribution < -0.4 is 5.73 Å². The van der Waals surface area contributed by atoms with Crippen LogP contribution in [0.4, 0.5) is 0 Å². The van der Waals surface area contributed by atoms with Crippen LogP contribution in [-0.4, -0.2) is 35.7 Å². The third-order valence-corrected chi connectivity index (χ3v) is 2.48. The molecule has 1 aromatic rings. The van der Waals surface area contributed by atoms with E-state index < -0.39 is 0 Å². The average molecular weight is 198 g/mol. The lowest BCUT2D eigenvalue weighted by molar-refractivity contribution is 0.143. The molecule has 1 rings (SSSR count). The molecule has 0 unspecified atom stereocenters. The molecule has 0 aromatic carbocycles. The van der Waals surface area contributed by atoms with E-state index in [9.17, 15) is 0 Å². The molecule has 0 fully saturated rings. The lowest BCUT2D eigenvalue weighted by Crippen LogP contribution is -2.35. The fourth-order valence-corrected chi connectivity index (χ4v) is 0.924. The minimum atomic E-state index is -0.236. The van der Waals surface area contributed by atoms with Crippen LogP contribution >= 0.6 is 0 Å². The summed E-state index contributed by atoms with van der Waals surface area (Å²) in [4.78, 5) is 6.33. The number of nitrogens with zero attached hydrogens (tertiary/aromatic N) is 3. The van der Waals surface area contributed by atoms with Gasteiger partial charge in [0.15, 0.2) is 5.82 Å². The Kier molecular flexibility index (Phi) is 3.23. The molecule has 0 amide bonds. The molecule has 80 valence electrons. The maximum Gasteiger partial charge on any atom is 0.246 e. The Morgan fingerprint density at radius 3 is 2.57 bits per heavy atom. The Bertz CT molecular complexity index is 293. The fraction of sp³-hybridized carbons (Fsp3) is 0.778. The molecule has 1 heterocycles. The van der Waals surface area contributed by atoms with E-state index in [0.29, 0.717) is 24.7 Å². The highest BCUT2D eigenvalue weighted by Gasteiger charge is 2.29. The number of nitrogens with two attached hydrogens (primary N) is 1. The van der Waals surface area contributed by atoms with Gasteiger partial charge in [-0.05, 0) is 34.5 Å². The van der Waals surface area contributed by atoms with Gasteiger partial charge in [-0.1, -0.05) is 5.16 Å². The van der Waals surface area contributed by atoms with Crippen LogP contribution in [0, 0.1) is 0 Å². The number of hydrogen-bond acceptors (Lipinski definition) is 5. The van der Waals surface area contributed by atoms with Gasteiger partial charge in [0, 0.05) is 6.42 Å². The maximum atomic E-state index is 5.41. The van der Waals surface area contributed by atoms with Crippen LogP contribution in [0.25, 0.3) is 0 Å². The van der Waals surface area contributed by atoms with Crippen LogP contribution in [0.1, 0.15) is 25.6 Å². The highest BCUT2D eigenvalue weighted by molar-refractivity contribution is 4.99. The average Bonchev–Trinajstić information content (AvgIpc) is 2.53. The standard InChI is InChI=1S/C9H18N4O/c1-9(2,13(3)4)8-11-7(5-6-10)12-14-8/h5-6,10H2,1-4H3. The normalized spacial score (nSPS) is 12.4. The highest BCUT2D eigenvalue weighted by Crippen LogP contribution is 2.23. The van der Waals surface area contributed by atoms with Crippen molar-refractivity contribution in [3.8, 4) is 0 Å². The summed E-state index contributed by atoms with van der Waals surface area (Å²) in [5.41, 5.74) is 5.17. The van der Waals surface area contributed by atoms with Crippen LogP contribution in [0.3, 0.4) is 0 Å². The second kappa shape index (κ2) is 4.06. The summed E-state index contributed by atoms with van der Waals surface area (Å²) in [6.07, 6.45) is 0.660. The Morgan fingerprint density at radius 1 is 1.43 bits per heavy atom. The first-order valence-corrected chi connectivity index (χ1v) is 4.69. The molecule has 0 aliphatic rings. The van der Waals surface area contributed by atoms with E-state index in [2.05, 4.69) is 10.1 Å². The van der Waals surface area contributed by atoms with Crippen molar-refractivity contribution < 1.29 is 4.52 Å². The van der Waals surface area contributed by atoms with Gasteiger partial charge in [0.25, 0.3) is 0 Å². The van der Waals surface area contributed by atoms with Crippen molar-refractivity contribution in [1.29, 1.82) is 0 Å². The molecule has 5 heteroatoms. The molecule has 5 nitrogen and oxygen atoms in total. The monoisotopic (exact) mass is 198 g/mol. The number of rotatable bonds is 4. The SMILES string of the molecule is CN(C)C(C)(C)c1nc(CCN)no1. The van der Waals surface area contributed by atoms with Gasteiger partial charge in [0.2, 0.25) is 5.89 Å². The predicted molar refractivity (Wildman–Crippen MR) is 53.8 cm³/mol. The summed E-state index contributed by atoms with van der Waals surface area (Å²) < 4.78 is 5.18. The molecular weight excluding hydrogens is 180 g/mol. The largest absolute Gasteiger partial charge is 0.337 e. The molecule has 0 saturated heterocycles. The first-order chi connectivity index (χ1) is 6.48. The third-order valence-electron chi connectivity index (χ3n) is 2.48. The Labute approximate surface area is 84.3 Å². The smallest absolute Gasteiger partial charge is 0.246 e. The fourth-order valence-electron chi connectivity index (χ4n) is 0.924. The number of hydrogen-bond donors (Lipinski definition) is 1. The lowest BCUT2D eigenvalue weighted by Gasteiger charge is -2.27. The van der Waals surface area contributed by atoms with E-state index in [4.69, 9.17) is 10.3 Å². The highest BCUT2D eigenvalue weighted by atomic mass is 16.5. The van der Waals surface area contributed by atoms with E-state index >= 15 is 0 Å². The summed E-state index contributed by atoms with van der Waals surface area (Å²) in [6.45, 7) is 4.61. The summed E-state index contributed by atoms with van der Waals surface area (Å²) in [5.74, 6) is 1.31. The van der Waals surface area contributed by atoms with Crippen LogP contribution in [0.15, 0.2) is 4.52 Å². The first-order valence-electron chi connectivity index (χ1n) is 4.69. The van der Waals surface area contributed by atoms with Gasteiger partial charge in [-0.25, -0.2) is 0 Å². The van der Waals surface area contributed by atoms with Crippen LogP contribution in [-0.2, 0) is 12.0 Å². The maximum absolute atomic E-state index is 5.41. The second-order valence-corrected chi connectivity index (χ2v) is 4.01. The van der Waals surface area contributed by atoms with Crippen molar-refractivity contribution in [2.45, 2.75) is 25.8 Å². The van der Waals surface area contributed by atoms with Crippen molar-refractivity contribution >= 4 is 0 Å². The molecule has 2 N–H and O–H groups in total.